The fourth-order valence-corrected chi connectivity index (χ4v) is 1.62. The molecule has 88 valence electrons. The molecule has 1 aliphatic rings. The van der Waals surface area contributed by atoms with E-state index in [0.717, 1.165) is 0 Å². The lowest BCUT2D eigenvalue weighted by atomic mass is 10.1. The zero-order chi connectivity index (χ0) is 11.8. The molecular formula is C9H10F3N3O. The molecule has 4 nitrogen and oxygen atoms in total. The van der Waals surface area contributed by atoms with Gasteiger partial charge in [0.15, 0.2) is 0 Å². The lowest BCUT2D eigenvalue weighted by Gasteiger charge is -2.19. The number of nitrogens with one attached hydrogen (secondary N) is 1. The standard InChI is InChI=1S/C9H10F3N3O/c1-16-7-5-2-3-13-4-6(5)14-8(15-7)9(10,11)12/h13H,2-4H2,1H3. The van der Waals surface area contributed by atoms with Gasteiger partial charge in [0, 0.05) is 12.1 Å². The molecule has 0 saturated heterocycles. The van der Waals surface area contributed by atoms with Gasteiger partial charge in [0.25, 0.3) is 0 Å². The molecule has 0 unspecified atom stereocenters. The van der Waals surface area contributed by atoms with Crippen LogP contribution < -0.4 is 10.1 Å². The maximum absolute atomic E-state index is 12.5. The number of hydrogen-bond acceptors (Lipinski definition) is 4. The summed E-state index contributed by atoms with van der Waals surface area (Å²) in [6, 6.07) is 0. The Labute approximate surface area is 89.8 Å². The Hall–Kier alpha value is -1.37. The molecule has 2 heterocycles. The molecule has 2 rings (SSSR count). The third kappa shape index (κ3) is 1.95. The maximum atomic E-state index is 12.5. The largest absolute Gasteiger partial charge is 0.481 e. The van der Waals surface area contributed by atoms with E-state index in [1.54, 1.807) is 0 Å². The Bertz CT molecular complexity index is 388. The van der Waals surface area contributed by atoms with Crippen LogP contribution in [-0.4, -0.2) is 23.6 Å². The monoisotopic (exact) mass is 233 g/mol. The second-order valence-electron chi connectivity index (χ2n) is 3.41. The zero-order valence-corrected chi connectivity index (χ0v) is 8.56. The summed E-state index contributed by atoms with van der Waals surface area (Å²) in [5.74, 6) is -1.12. The topological polar surface area (TPSA) is 47.0 Å². The van der Waals surface area contributed by atoms with Crippen LogP contribution in [0, 0.1) is 0 Å². The van der Waals surface area contributed by atoms with E-state index in [1.807, 2.05) is 0 Å². The van der Waals surface area contributed by atoms with E-state index in [0.29, 0.717) is 30.8 Å². The fourth-order valence-electron chi connectivity index (χ4n) is 1.62. The van der Waals surface area contributed by atoms with Crippen LogP contribution in [0.1, 0.15) is 17.1 Å². The normalized spacial score (nSPS) is 15.8. The van der Waals surface area contributed by atoms with Gasteiger partial charge in [-0.2, -0.15) is 18.2 Å². The van der Waals surface area contributed by atoms with Crippen LogP contribution in [0.25, 0.3) is 0 Å². The number of aromatic nitrogens is 2. The van der Waals surface area contributed by atoms with Gasteiger partial charge in [0.05, 0.1) is 12.8 Å². The lowest BCUT2D eigenvalue weighted by molar-refractivity contribution is -0.145. The molecule has 1 aromatic heterocycles. The Morgan fingerprint density at radius 2 is 2.06 bits per heavy atom. The molecule has 0 saturated carbocycles. The molecule has 0 atom stereocenters. The van der Waals surface area contributed by atoms with Gasteiger partial charge in [-0.3, -0.25) is 0 Å². The van der Waals surface area contributed by atoms with Gasteiger partial charge in [-0.1, -0.05) is 0 Å². The van der Waals surface area contributed by atoms with Gasteiger partial charge in [-0.15, -0.1) is 0 Å². The average Bonchev–Trinajstić information content (AvgIpc) is 2.26. The van der Waals surface area contributed by atoms with Crippen molar-refractivity contribution in [3.8, 4) is 5.88 Å². The molecule has 0 radical (unpaired) electrons. The van der Waals surface area contributed by atoms with E-state index < -0.39 is 12.0 Å². The van der Waals surface area contributed by atoms with Crippen molar-refractivity contribution in [3.05, 3.63) is 17.1 Å². The predicted molar refractivity (Wildman–Crippen MR) is 49.0 cm³/mol. The van der Waals surface area contributed by atoms with E-state index in [1.165, 1.54) is 7.11 Å². The van der Waals surface area contributed by atoms with Crippen molar-refractivity contribution >= 4 is 0 Å². The predicted octanol–water partition coefficient (Wildman–Crippen LogP) is 1.15. The SMILES string of the molecule is COc1nc(C(F)(F)F)nc2c1CCNC2. The number of alkyl halides is 3. The fraction of sp³-hybridized carbons (Fsp3) is 0.556. The molecule has 0 aromatic carbocycles. The van der Waals surface area contributed by atoms with Crippen molar-refractivity contribution < 1.29 is 17.9 Å². The molecule has 0 spiro atoms. The van der Waals surface area contributed by atoms with Crippen LogP contribution in [-0.2, 0) is 19.1 Å². The second-order valence-corrected chi connectivity index (χ2v) is 3.41. The minimum Gasteiger partial charge on any atom is -0.481 e. The second kappa shape index (κ2) is 3.89. The van der Waals surface area contributed by atoms with E-state index in [9.17, 15) is 13.2 Å². The molecule has 0 bridgehead atoms. The van der Waals surface area contributed by atoms with Crippen LogP contribution in [0.4, 0.5) is 13.2 Å². The third-order valence-electron chi connectivity index (χ3n) is 2.35. The molecule has 1 aliphatic heterocycles. The van der Waals surface area contributed by atoms with Crippen molar-refractivity contribution in [1.82, 2.24) is 15.3 Å². The minimum atomic E-state index is -4.54. The summed E-state index contributed by atoms with van der Waals surface area (Å²) in [5, 5.41) is 2.96. The third-order valence-corrected chi connectivity index (χ3v) is 2.35. The summed E-state index contributed by atoms with van der Waals surface area (Å²) < 4.78 is 42.3. The van der Waals surface area contributed by atoms with Crippen molar-refractivity contribution in [2.45, 2.75) is 19.1 Å². The quantitative estimate of drug-likeness (QED) is 0.790. The van der Waals surface area contributed by atoms with Crippen molar-refractivity contribution in [2.24, 2.45) is 0 Å². The molecule has 0 fully saturated rings. The van der Waals surface area contributed by atoms with Crippen LogP contribution >= 0.6 is 0 Å². The highest BCUT2D eigenvalue weighted by atomic mass is 19.4. The first-order valence-electron chi connectivity index (χ1n) is 4.74. The molecule has 1 N–H and O–H groups in total. The smallest absolute Gasteiger partial charge is 0.451 e. The van der Waals surface area contributed by atoms with E-state index in [2.05, 4.69) is 15.3 Å². The first-order valence-corrected chi connectivity index (χ1v) is 4.74. The summed E-state index contributed by atoms with van der Waals surface area (Å²) in [4.78, 5) is 6.90. The van der Waals surface area contributed by atoms with Crippen LogP contribution in [0.3, 0.4) is 0 Å². The Balaban J connectivity index is 2.52. The van der Waals surface area contributed by atoms with Gasteiger partial charge in [0.1, 0.15) is 0 Å². The average molecular weight is 233 g/mol. The molecule has 7 heteroatoms. The number of methoxy groups -OCH3 is 1. The summed E-state index contributed by atoms with van der Waals surface area (Å²) in [6.07, 6.45) is -3.96. The molecule has 16 heavy (non-hydrogen) atoms. The van der Waals surface area contributed by atoms with Gasteiger partial charge >= 0.3 is 6.18 Å². The minimum absolute atomic E-state index is 0.0267. The number of rotatable bonds is 1. The Kier molecular flexibility index (Phi) is 2.71. The Morgan fingerprint density at radius 1 is 1.31 bits per heavy atom. The molecule has 1 aromatic rings. The van der Waals surface area contributed by atoms with E-state index >= 15 is 0 Å². The molecule has 0 aliphatic carbocycles. The molecular weight excluding hydrogens is 223 g/mol. The maximum Gasteiger partial charge on any atom is 0.451 e. The summed E-state index contributed by atoms with van der Waals surface area (Å²) in [5.41, 5.74) is 1.03. The number of hydrogen-bond donors (Lipinski definition) is 1. The van der Waals surface area contributed by atoms with E-state index in [4.69, 9.17) is 4.74 Å². The zero-order valence-electron chi connectivity index (χ0n) is 8.56. The van der Waals surface area contributed by atoms with Gasteiger partial charge in [-0.05, 0) is 13.0 Å². The summed E-state index contributed by atoms with van der Waals surface area (Å²) in [6.45, 7) is 1.01. The first kappa shape index (κ1) is 11.1. The molecule has 0 amide bonds. The highest BCUT2D eigenvalue weighted by molar-refractivity contribution is 5.33. The number of ether oxygens (including phenoxy) is 1. The number of fused-ring (bicyclic) bond motifs is 1. The van der Waals surface area contributed by atoms with Crippen LogP contribution in [0.5, 0.6) is 5.88 Å². The van der Waals surface area contributed by atoms with Gasteiger partial charge in [-0.25, -0.2) is 4.98 Å². The summed E-state index contributed by atoms with van der Waals surface area (Å²) >= 11 is 0. The lowest BCUT2D eigenvalue weighted by Crippen LogP contribution is -2.27. The van der Waals surface area contributed by atoms with Gasteiger partial charge < -0.3 is 10.1 Å². The Morgan fingerprint density at radius 3 is 2.69 bits per heavy atom. The highest BCUT2D eigenvalue weighted by Crippen LogP contribution is 2.30. The van der Waals surface area contributed by atoms with Crippen molar-refractivity contribution in [3.63, 3.8) is 0 Å². The van der Waals surface area contributed by atoms with Crippen molar-refractivity contribution in [1.29, 1.82) is 0 Å². The van der Waals surface area contributed by atoms with Crippen LogP contribution in [0.15, 0.2) is 0 Å². The van der Waals surface area contributed by atoms with Crippen LogP contribution in [0.2, 0.25) is 0 Å². The van der Waals surface area contributed by atoms with Crippen molar-refractivity contribution in [2.75, 3.05) is 13.7 Å². The first-order chi connectivity index (χ1) is 7.52. The number of nitrogens with zero attached hydrogens (tertiary/aromatic N) is 2. The van der Waals surface area contributed by atoms with E-state index in [-0.39, 0.29) is 5.88 Å². The number of halogens is 3. The van der Waals surface area contributed by atoms with Gasteiger partial charge in [0.2, 0.25) is 11.7 Å². The highest BCUT2D eigenvalue weighted by Gasteiger charge is 2.36. The summed E-state index contributed by atoms with van der Waals surface area (Å²) in [7, 11) is 1.31.